The van der Waals surface area contributed by atoms with Crippen LogP contribution >= 0.6 is 0 Å². The third kappa shape index (κ3) is 5.32. The highest BCUT2D eigenvalue weighted by Crippen LogP contribution is 2.47. The molecule has 0 saturated carbocycles. The summed E-state index contributed by atoms with van der Waals surface area (Å²) in [4.78, 5) is 18.0. The van der Waals surface area contributed by atoms with Gasteiger partial charge in [0.2, 0.25) is 5.91 Å². The van der Waals surface area contributed by atoms with Crippen LogP contribution in [-0.4, -0.2) is 31.1 Å². The number of aromatic nitrogens is 1. The number of piperidine rings is 1. The summed E-state index contributed by atoms with van der Waals surface area (Å²) in [7, 11) is 1.65. The summed E-state index contributed by atoms with van der Waals surface area (Å²) in [6, 6.07) is 7.62. The van der Waals surface area contributed by atoms with E-state index in [9.17, 15) is 4.79 Å². The minimum absolute atomic E-state index is 0.0657. The van der Waals surface area contributed by atoms with E-state index in [-0.39, 0.29) is 23.2 Å². The van der Waals surface area contributed by atoms with Crippen LogP contribution in [0.1, 0.15) is 58.8 Å². The SMILES string of the molecule is C=C[C@H]1CNCC[C@]1(CCCCCCC)C(C)C(=O)Nc1ccnc2ccc(OC)cc12. The van der Waals surface area contributed by atoms with Gasteiger partial charge < -0.3 is 15.4 Å². The molecule has 1 saturated heterocycles. The Morgan fingerprint density at radius 1 is 1.34 bits per heavy atom. The van der Waals surface area contributed by atoms with Gasteiger partial charge in [-0.3, -0.25) is 9.78 Å². The number of pyridine rings is 1. The van der Waals surface area contributed by atoms with Crippen LogP contribution in [-0.2, 0) is 4.79 Å². The number of benzene rings is 1. The molecule has 0 aliphatic carbocycles. The Labute approximate surface area is 193 Å². The second-order valence-electron chi connectivity index (χ2n) is 9.15. The number of methoxy groups -OCH3 is 1. The summed E-state index contributed by atoms with van der Waals surface area (Å²) in [6.07, 6.45) is 12.1. The van der Waals surface area contributed by atoms with Crippen molar-refractivity contribution in [2.45, 2.75) is 58.8 Å². The summed E-state index contributed by atoms with van der Waals surface area (Å²) in [5.41, 5.74) is 1.56. The molecule has 1 aliphatic heterocycles. The van der Waals surface area contributed by atoms with Gasteiger partial charge in [-0.05, 0) is 55.0 Å². The van der Waals surface area contributed by atoms with E-state index in [4.69, 9.17) is 4.74 Å². The Balaban J connectivity index is 1.83. The highest BCUT2D eigenvalue weighted by Gasteiger charge is 2.45. The van der Waals surface area contributed by atoms with Gasteiger partial charge in [0.25, 0.3) is 0 Å². The van der Waals surface area contributed by atoms with Gasteiger partial charge in [-0.2, -0.15) is 0 Å². The van der Waals surface area contributed by atoms with Gasteiger partial charge in [0.1, 0.15) is 5.75 Å². The third-order valence-electron chi connectivity index (χ3n) is 7.36. The molecule has 5 nitrogen and oxygen atoms in total. The molecule has 1 aromatic heterocycles. The average Bonchev–Trinajstić information content (AvgIpc) is 2.83. The number of nitrogens with one attached hydrogen (secondary N) is 2. The normalized spacial score (nSPS) is 21.8. The molecule has 32 heavy (non-hydrogen) atoms. The van der Waals surface area contributed by atoms with E-state index in [1.807, 2.05) is 24.3 Å². The van der Waals surface area contributed by atoms with Gasteiger partial charge in [-0.25, -0.2) is 0 Å². The molecule has 1 aliphatic rings. The number of anilines is 1. The van der Waals surface area contributed by atoms with E-state index < -0.39 is 0 Å². The fourth-order valence-corrected chi connectivity index (χ4v) is 5.27. The lowest BCUT2D eigenvalue weighted by molar-refractivity contribution is -0.125. The lowest BCUT2D eigenvalue weighted by Crippen LogP contribution is -2.50. The second-order valence-corrected chi connectivity index (χ2v) is 9.15. The lowest BCUT2D eigenvalue weighted by Gasteiger charge is -2.47. The van der Waals surface area contributed by atoms with Gasteiger partial charge in [-0.1, -0.05) is 52.0 Å². The van der Waals surface area contributed by atoms with Crippen LogP contribution in [0.3, 0.4) is 0 Å². The topological polar surface area (TPSA) is 63.2 Å². The maximum atomic E-state index is 13.6. The van der Waals surface area contributed by atoms with Crippen molar-refractivity contribution in [3.05, 3.63) is 43.1 Å². The second kappa shape index (κ2) is 11.5. The molecule has 1 unspecified atom stereocenters. The molecule has 3 rings (SSSR count). The van der Waals surface area contributed by atoms with E-state index in [0.717, 1.165) is 54.7 Å². The monoisotopic (exact) mass is 437 g/mol. The summed E-state index contributed by atoms with van der Waals surface area (Å²) in [5, 5.41) is 7.63. The number of carbonyl (C=O) groups is 1. The zero-order valence-electron chi connectivity index (χ0n) is 20.0. The van der Waals surface area contributed by atoms with Crippen LogP contribution in [0.4, 0.5) is 5.69 Å². The van der Waals surface area contributed by atoms with Gasteiger partial charge in [0.05, 0.1) is 18.3 Å². The number of rotatable bonds is 11. The molecule has 2 aromatic rings. The van der Waals surface area contributed by atoms with Crippen molar-refractivity contribution in [3.8, 4) is 5.75 Å². The van der Waals surface area contributed by atoms with Crippen LogP contribution in [0.15, 0.2) is 43.1 Å². The van der Waals surface area contributed by atoms with Crippen molar-refractivity contribution in [2.24, 2.45) is 17.3 Å². The highest BCUT2D eigenvalue weighted by molar-refractivity contribution is 6.02. The Morgan fingerprint density at radius 3 is 2.91 bits per heavy atom. The number of ether oxygens (including phenoxy) is 1. The maximum Gasteiger partial charge on any atom is 0.227 e. The van der Waals surface area contributed by atoms with Crippen molar-refractivity contribution in [2.75, 3.05) is 25.5 Å². The standard InChI is InChI=1S/C27H39N3O2/c1-5-7-8-9-10-14-27(15-17-28-19-21(27)6-2)20(3)26(31)30-25-13-16-29-24-12-11-22(32-4)18-23(24)25/h6,11-13,16,18,20-21,28H,2,5,7-10,14-15,17,19H2,1,3-4H3,(H,29,30,31)/t20?,21-,27+/m0/s1. The number of hydrogen-bond donors (Lipinski definition) is 2. The first-order valence-electron chi connectivity index (χ1n) is 12.1. The van der Waals surface area contributed by atoms with E-state index in [0.29, 0.717) is 0 Å². The number of unbranched alkanes of at least 4 members (excludes halogenated alkanes) is 4. The fourth-order valence-electron chi connectivity index (χ4n) is 5.27. The summed E-state index contributed by atoms with van der Waals surface area (Å²) < 4.78 is 5.38. The van der Waals surface area contributed by atoms with Crippen molar-refractivity contribution in [3.63, 3.8) is 0 Å². The van der Waals surface area contributed by atoms with Crippen LogP contribution in [0.25, 0.3) is 10.9 Å². The minimum atomic E-state index is -0.118. The Bertz CT molecular complexity index is 913. The first-order chi connectivity index (χ1) is 15.6. The zero-order valence-corrected chi connectivity index (χ0v) is 20.0. The van der Waals surface area contributed by atoms with Crippen LogP contribution in [0.5, 0.6) is 5.75 Å². The predicted molar refractivity (Wildman–Crippen MR) is 133 cm³/mol. The number of nitrogens with zero attached hydrogens (tertiary/aromatic N) is 1. The first-order valence-corrected chi connectivity index (χ1v) is 12.1. The van der Waals surface area contributed by atoms with Crippen molar-refractivity contribution >= 4 is 22.5 Å². The largest absolute Gasteiger partial charge is 0.497 e. The van der Waals surface area contributed by atoms with E-state index in [2.05, 4.69) is 42.1 Å². The van der Waals surface area contributed by atoms with Crippen molar-refractivity contribution < 1.29 is 9.53 Å². The first kappa shape index (κ1) is 24.2. The number of amides is 1. The minimum Gasteiger partial charge on any atom is -0.497 e. The van der Waals surface area contributed by atoms with Crippen LogP contribution in [0.2, 0.25) is 0 Å². The highest BCUT2D eigenvalue weighted by atomic mass is 16.5. The Hall–Kier alpha value is -2.40. The van der Waals surface area contributed by atoms with Crippen LogP contribution in [0, 0.1) is 17.3 Å². The molecule has 0 radical (unpaired) electrons. The molecule has 2 N–H and O–H groups in total. The molecule has 1 aromatic carbocycles. The molecule has 5 heteroatoms. The fraction of sp³-hybridized carbons (Fsp3) is 0.556. The third-order valence-corrected chi connectivity index (χ3v) is 7.36. The van der Waals surface area contributed by atoms with Gasteiger partial charge in [-0.15, -0.1) is 6.58 Å². The van der Waals surface area contributed by atoms with Gasteiger partial charge >= 0.3 is 0 Å². The Kier molecular flexibility index (Phi) is 8.68. The Morgan fingerprint density at radius 2 is 2.16 bits per heavy atom. The smallest absolute Gasteiger partial charge is 0.227 e. The van der Waals surface area contributed by atoms with Crippen LogP contribution < -0.4 is 15.4 Å². The summed E-state index contributed by atoms with van der Waals surface area (Å²) in [6.45, 7) is 10.3. The average molecular weight is 438 g/mol. The number of hydrogen-bond acceptors (Lipinski definition) is 4. The molecular weight excluding hydrogens is 398 g/mol. The molecule has 0 bridgehead atoms. The van der Waals surface area contributed by atoms with E-state index >= 15 is 0 Å². The van der Waals surface area contributed by atoms with Crippen molar-refractivity contribution in [1.82, 2.24) is 10.3 Å². The molecular formula is C27H39N3O2. The number of carbonyl (C=O) groups excluding carboxylic acids is 1. The number of fused-ring (bicyclic) bond motifs is 1. The van der Waals surface area contributed by atoms with E-state index in [1.54, 1.807) is 13.3 Å². The molecule has 3 atom stereocenters. The summed E-state index contributed by atoms with van der Waals surface area (Å²) in [5.74, 6) is 0.996. The molecule has 1 amide bonds. The molecule has 2 heterocycles. The van der Waals surface area contributed by atoms with Crippen molar-refractivity contribution in [1.29, 1.82) is 0 Å². The molecule has 174 valence electrons. The zero-order chi connectivity index (χ0) is 23.0. The maximum absolute atomic E-state index is 13.6. The molecule has 1 fully saturated rings. The predicted octanol–water partition coefficient (Wildman–Crippen LogP) is 5.96. The lowest BCUT2D eigenvalue weighted by atomic mass is 9.60. The summed E-state index contributed by atoms with van der Waals surface area (Å²) >= 11 is 0. The van der Waals surface area contributed by atoms with Gasteiger partial charge in [0, 0.05) is 24.0 Å². The van der Waals surface area contributed by atoms with E-state index in [1.165, 1.54) is 25.7 Å². The van der Waals surface area contributed by atoms with Gasteiger partial charge in [0.15, 0.2) is 0 Å². The molecule has 0 spiro atoms. The quantitative estimate of drug-likeness (QED) is 0.336.